The molecule has 166 valence electrons. The summed E-state index contributed by atoms with van der Waals surface area (Å²) < 4.78 is 10.6. The van der Waals surface area contributed by atoms with E-state index in [0.29, 0.717) is 25.7 Å². The van der Waals surface area contributed by atoms with Crippen molar-refractivity contribution < 1.29 is 14.3 Å². The zero-order valence-electron chi connectivity index (χ0n) is 18.4. The Balaban J connectivity index is 1.58. The third-order valence-corrected chi connectivity index (χ3v) is 5.14. The molecule has 0 saturated heterocycles. The molecule has 2 N–H and O–H groups in total. The van der Waals surface area contributed by atoms with Crippen molar-refractivity contribution in [1.82, 2.24) is 10.6 Å². The molecule has 1 amide bonds. The number of para-hydroxylation sites is 1. The number of aliphatic imine (C=N–C) groups is 1. The minimum atomic E-state index is 0.0400. The van der Waals surface area contributed by atoms with Crippen molar-refractivity contribution in [2.75, 3.05) is 44.9 Å². The van der Waals surface area contributed by atoms with Crippen LogP contribution in [0.2, 0.25) is 0 Å². The molecule has 31 heavy (non-hydrogen) atoms. The third kappa shape index (κ3) is 6.72. The molecule has 7 heteroatoms. The van der Waals surface area contributed by atoms with E-state index in [4.69, 9.17) is 9.47 Å². The summed E-state index contributed by atoms with van der Waals surface area (Å²) in [4.78, 5) is 19.3. The second-order valence-corrected chi connectivity index (χ2v) is 7.27. The Bertz CT molecular complexity index is 867. The smallest absolute Gasteiger partial charge is 0.246 e. The van der Waals surface area contributed by atoms with Crippen LogP contribution >= 0.6 is 0 Å². The molecule has 2 aromatic carbocycles. The van der Waals surface area contributed by atoms with Crippen LogP contribution in [0.4, 0.5) is 5.69 Å². The van der Waals surface area contributed by atoms with Gasteiger partial charge in [0, 0.05) is 32.0 Å². The molecule has 3 rings (SSSR count). The van der Waals surface area contributed by atoms with Crippen molar-refractivity contribution in [3.8, 4) is 5.75 Å². The van der Waals surface area contributed by atoms with Crippen LogP contribution in [0.3, 0.4) is 0 Å². The van der Waals surface area contributed by atoms with Gasteiger partial charge in [-0.15, -0.1) is 0 Å². The summed E-state index contributed by atoms with van der Waals surface area (Å²) in [7, 11) is 1.65. The van der Waals surface area contributed by atoms with Crippen molar-refractivity contribution >= 4 is 17.6 Å². The average Bonchev–Trinajstić information content (AvgIpc) is 3.24. The highest BCUT2D eigenvalue weighted by Gasteiger charge is 2.23. The van der Waals surface area contributed by atoms with Crippen molar-refractivity contribution in [2.24, 2.45) is 4.99 Å². The van der Waals surface area contributed by atoms with Gasteiger partial charge in [-0.25, -0.2) is 4.99 Å². The number of ether oxygens (including phenoxy) is 2. The minimum Gasteiger partial charge on any atom is -0.497 e. The Hall–Kier alpha value is -3.06. The van der Waals surface area contributed by atoms with E-state index in [9.17, 15) is 4.79 Å². The average molecular weight is 425 g/mol. The summed E-state index contributed by atoms with van der Waals surface area (Å²) in [6.07, 6.45) is 1.76. The third-order valence-electron chi connectivity index (χ3n) is 5.14. The van der Waals surface area contributed by atoms with E-state index < -0.39 is 0 Å². The first-order chi connectivity index (χ1) is 15.2. The highest BCUT2D eigenvalue weighted by molar-refractivity contribution is 5.98. The molecular weight excluding hydrogens is 392 g/mol. The van der Waals surface area contributed by atoms with Gasteiger partial charge in [-0.1, -0.05) is 30.3 Å². The maximum Gasteiger partial charge on any atom is 0.246 e. The first-order valence-electron chi connectivity index (χ1n) is 10.8. The molecule has 0 atom stereocenters. The highest BCUT2D eigenvalue weighted by Crippen LogP contribution is 2.27. The van der Waals surface area contributed by atoms with Crippen LogP contribution in [0.15, 0.2) is 53.5 Å². The zero-order chi connectivity index (χ0) is 21.9. The van der Waals surface area contributed by atoms with Crippen LogP contribution in [0.1, 0.15) is 24.5 Å². The lowest BCUT2D eigenvalue weighted by molar-refractivity contribution is -0.117. The van der Waals surface area contributed by atoms with Gasteiger partial charge >= 0.3 is 0 Å². The number of rotatable bonds is 10. The van der Waals surface area contributed by atoms with Crippen LogP contribution in [0.25, 0.3) is 0 Å². The summed E-state index contributed by atoms with van der Waals surface area (Å²) in [6.45, 7) is 5.52. The molecule has 0 unspecified atom stereocenters. The fourth-order valence-electron chi connectivity index (χ4n) is 3.45. The molecule has 1 heterocycles. The van der Waals surface area contributed by atoms with Gasteiger partial charge in [-0.3, -0.25) is 4.79 Å². The second-order valence-electron chi connectivity index (χ2n) is 7.27. The number of methoxy groups -OCH3 is 1. The molecule has 0 saturated carbocycles. The molecule has 2 aromatic rings. The Kier molecular flexibility index (Phi) is 8.72. The van der Waals surface area contributed by atoms with Crippen molar-refractivity contribution in [2.45, 2.75) is 26.3 Å². The fraction of sp³-hybridized carbons (Fsp3) is 0.417. The van der Waals surface area contributed by atoms with E-state index in [0.717, 1.165) is 42.9 Å². The SMILES string of the molecule is CCOCCCNC(=NCc1ccc(OC)cc1)NCC(=O)N1CCc2ccccc21. The summed E-state index contributed by atoms with van der Waals surface area (Å²) >= 11 is 0. The number of hydrogen-bond donors (Lipinski definition) is 2. The number of amides is 1. The Morgan fingerprint density at radius 1 is 1.13 bits per heavy atom. The van der Waals surface area contributed by atoms with Gasteiger partial charge in [0.2, 0.25) is 5.91 Å². The molecule has 1 aliphatic rings. The topological polar surface area (TPSA) is 75.2 Å². The lowest BCUT2D eigenvalue weighted by Gasteiger charge is -2.19. The lowest BCUT2D eigenvalue weighted by atomic mass is 10.2. The molecule has 0 radical (unpaired) electrons. The number of nitrogens with one attached hydrogen (secondary N) is 2. The lowest BCUT2D eigenvalue weighted by Crippen LogP contribution is -2.44. The van der Waals surface area contributed by atoms with Crippen LogP contribution < -0.4 is 20.3 Å². The molecule has 0 bridgehead atoms. The maximum absolute atomic E-state index is 12.8. The van der Waals surface area contributed by atoms with Gasteiger partial charge in [0.15, 0.2) is 5.96 Å². The van der Waals surface area contributed by atoms with Crippen LogP contribution in [-0.4, -0.2) is 51.8 Å². The number of benzene rings is 2. The number of hydrogen-bond acceptors (Lipinski definition) is 4. The van der Waals surface area contributed by atoms with Gasteiger partial charge in [-0.05, 0) is 49.1 Å². The fourth-order valence-corrected chi connectivity index (χ4v) is 3.45. The predicted molar refractivity (Wildman–Crippen MR) is 124 cm³/mol. The van der Waals surface area contributed by atoms with E-state index in [-0.39, 0.29) is 12.5 Å². The maximum atomic E-state index is 12.8. The van der Waals surface area contributed by atoms with Gasteiger partial charge in [0.1, 0.15) is 5.75 Å². The Morgan fingerprint density at radius 3 is 2.71 bits per heavy atom. The van der Waals surface area contributed by atoms with Crippen LogP contribution in [0, 0.1) is 0 Å². The van der Waals surface area contributed by atoms with Crippen LogP contribution in [0.5, 0.6) is 5.75 Å². The second kappa shape index (κ2) is 12.0. The van der Waals surface area contributed by atoms with E-state index in [1.165, 1.54) is 5.56 Å². The largest absolute Gasteiger partial charge is 0.497 e. The van der Waals surface area contributed by atoms with Gasteiger partial charge in [0.05, 0.1) is 20.2 Å². The molecule has 0 aromatic heterocycles. The number of fused-ring (bicyclic) bond motifs is 1. The number of anilines is 1. The Morgan fingerprint density at radius 2 is 1.94 bits per heavy atom. The van der Waals surface area contributed by atoms with Crippen molar-refractivity contribution in [3.63, 3.8) is 0 Å². The summed E-state index contributed by atoms with van der Waals surface area (Å²) in [5.74, 6) is 1.47. The molecular formula is C24H32N4O3. The van der Waals surface area contributed by atoms with Gasteiger partial charge in [0.25, 0.3) is 0 Å². The first kappa shape index (κ1) is 22.6. The van der Waals surface area contributed by atoms with Gasteiger partial charge in [-0.2, -0.15) is 0 Å². The highest BCUT2D eigenvalue weighted by atomic mass is 16.5. The molecule has 0 fully saturated rings. The quantitative estimate of drug-likeness (QED) is 0.349. The van der Waals surface area contributed by atoms with E-state index in [2.05, 4.69) is 21.7 Å². The summed E-state index contributed by atoms with van der Waals surface area (Å²) in [6, 6.07) is 15.9. The number of carbonyl (C=O) groups excluding carboxylic acids is 1. The van der Waals surface area contributed by atoms with Gasteiger partial charge < -0.3 is 25.0 Å². The van der Waals surface area contributed by atoms with Crippen LogP contribution in [-0.2, 0) is 22.5 Å². The molecule has 7 nitrogen and oxygen atoms in total. The summed E-state index contributed by atoms with van der Waals surface area (Å²) in [5.41, 5.74) is 3.30. The van der Waals surface area contributed by atoms with Crippen molar-refractivity contribution in [1.29, 1.82) is 0 Å². The summed E-state index contributed by atoms with van der Waals surface area (Å²) in [5, 5.41) is 6.49. The normalized spacial score (nSPS) is 13.1. The molecule has 0 spiro atoms. The standard InChI is InChI=1S/C24H32N4O3/c1-3-31-16-6-14-25-24(26-17-19-9-11-21(30-2)12-10-19)27-18-23(29)28-15-13-20-7-4-5-8-22(20)28/h4-5,7-12H,3,6,13-18H2,1-2H3,(H2,25,26,27). The predicted octanol–water partition coefficient (Wildman–Crippen LogP) is 2.75. The monoisotopic (exact) mass is 424 g/mol. The van der Waals surface area contributed by atoms with E-state index >= 15 is 0 Å². The number of guanidine groups is 1. The number of carbonyl (C=O) groups is 1. The molecule has 0 aliphatic carbocycles. The zero-order valence-corrected chi connectivity index (χ0v) is 18.4. The molecule has 1 aliphatic heterocycles. The first-order valence-corrected chi connectivity index (χ1v) is 10.8. The van der Waals surface area contributed by atoms with Crippen molar-refractivity contribution in [3.05, 3.63) is 59.7 Å². The minimum absolute atomic E-state index is 0.0400. The van der Waals surface area contributed by atoms with E-state index in [1.54, 1.807) is 7.11 Å². The van der Waals surface area contributed by atoms with E-state index in [1.807, 2.05) is 54.3 Å². The number of nitrogens with zero attached hydrogens (tertiary/aromatic N) is 2. The Labute approximate surface area is 184 Å².